The van der Waals surface area contributed by atoms with Crippen LogP contribution in [0.4, 0.5) is 0 Å². The van der Waals surface area contributed by atoms with Crippen LogP contribution in [0, 0.1) is 0 Å². The molecular formula is C22H19N3OS. The Labute approximate surface area is 160 Å². The maximum Gasteiger partial charge on any atom is 0.137 e. The molecule has 0 spiro atoms. The standard InChI is InChI=1S/C22H19N3OS/c1-22(2,26)20-10-17(13-27-20)16-5-6-21-24-19(12-25(21)11-16)15-4-3-14-7-8-23-18(14)9-15/h3-13,23,26H,1-2H3. The van der Waals surface area contributed by atoms with Gasteiger partial charge in [0.15, 0.2) is 0 Å². The second-order valence-electron chi connectivity index (χ2n) is 7.35. The summed E-state index contributed by atoms with van der Waals surface area (Å²) in [5.74, 6) is 0. The summed E-state index contributed by atoms with van der Waals surface area (Å²) in [6.45, 7) is 3.63. The van der Waals surface area contributed by atoms with Crippen molar-refractivity contribution in [1.82, 2.24) is 14.4 Å². The molecular weight excluding hydrogens is 354 g/mol. The topological polar surface area (TPSA) is 53.3 Å². The largest absolute Gasteiger partial charge is 0.385 e. The van der Waals surface area contributed by atoms with Crippen LogP contribution < -0.4 is 0 Å². The fourth-order valence-corrected chi connectivity index (χ4v) is 4.26. The fourth-order valence-electron chi connectivity index (χ4n) is 3.32. The highest BCUT2D eigenvalue weighted by Gasteiger charge is 2.18. The molecule has 0 radical (unpaired) electrons. The molecule has 0 bridgehead atoms. The second kappa shape index (κ2) is 5.81. The summed E-state index contributed by atoms with van der Waals surface area (Å²) in [5.41, 5.74) is 5.48. The number of nitrogens with zero attached hydrogens (tertiary/aromatic N) is 2. The molecule has 0 aliphatic rings. The minimum atomic E-state index is -0.814. The van der Waals surface area contributed by atoms with Gasteiger partial charge >= 0.3 is 0 Å². The highest BCUT2D eigenvalue weighted by atomic mass is 32.1. The Balaban J connectivity index is 1.55. The maximum absolute atomic E-state index is 10.2. The van der Waals surface area contributed by atoms with Crippen molar-refractivity contribution >= 4 is 27.9 Å². The molecule has 0 unspecified atom stereocenters. The van der Waals surface area contributed by atoms with Gasteiger partial charge < -0.3 is 14.5 Å². The summed E-state index contributed by atoms with van der Waals surface area (Å²) >= 11 is 1.58. The first kappa shape index (κ1) is 16.3. The van der Waals surface area contributed by atoms with E-state index in [2.05, 4.69) is 63.6 Å². The molecule has 0 saturated carbocycles. The van der Waals surface area contributed by atoms with Crippen LogP contribution in [0.15, 0.2) is 66.4 Å². The number of hydrogen-bond acceptors (Lipinski definition) is 3. The number of aromatic amines is 1. The Morgan fingerprint density at radius 1 is 1.00 bits per heavy atom. The van der Waals surface area contributed by atoms with Gasteiger partial charge in [-0.3, -0.25) is 0 Å². The summed E-state index contributed by atoms with van der Waals surface area (Å²) in [6, 6.07) is 14.6. The Morgan fingerprint density at radius 3 is 2.67 bits per heavy atom. The minimum Gasteiger partial charge on any atom is -0.385 e. The first-order valence-electron chi connectivity index (χ1n) is 8.85. The van der Waals surface area contributed by atoms with Crippen LogP contribution in [0.3, 0.4) is 0 Å². The van der Waals surface area contributed by atoms with E-state index in [0.29, 0.717) is 0 Å². The third-order valence-corrected chi connectivity index (χ3v) is 6.08. The van der Waals surface area contributed by atoms with Crippen molar-refractivity contribution in [2.75, 3.05) is 0 Å². The normalized spacial score (nSPS) is 12.3. The van der Waals surface area contributed by atoms with Crippen molar-refractivity contribution in [3.05, 3.63) is 71.3 Å². The molecule has 0 atom stereocenters. The third-order valence-electron chi connectivity index (χ3n) is 4.84. The Bertz CT molecular complexity index is 1270. The minimum absolute atomic E-state index is 0.814. The highest BCUT2D eigenvalue weighted by molar-refractivity contribution is 7.10. The summed E-state index contributed by atoms with van der Waals surface area (Å²) in [7, 11) is 0. The third kappa shape index (κ3) is 2.85. The smallest absolute Gasteiger partial charge is 0.137 e. The predicted molar refractivity (Wildman–Crippen MR) is 111 cm³/mol. The average Bonchev–Trinajstić information content (AvgIpc) is 3.37. The number of hydrogen-bond donors (Lipinski definition) is 2. The van der Waals surface area contributed by atoms with Crippen LogP contribution in [0.2, 0.25) is 0 Å². The van der Waals surface area contributed by atoms with Gasteiger partial charge in [0.25, 0.3) is 0 Å². The fraction of sp³-hybridized carbons (Fsp3) is 0.136. The van der Waals surface area contributed by atoms with E-state index in [1.54, 1.807) is 11.3 Å². The molecule has 5 rings (SSSR count). The molecule has 4 heterocycles. The zero-order valence-corrected chi connectivity index (χ0v) is 15.9. The lowest BCUT2D eigenvalue weighted by Crippen LogP contribution is -2.12. The van der Waals surface area contributed by atoms with E-state index in [4.69, 9.17) is 4.98 Å². The van der Waals surface area contributed by atoms with Crippen LogP contribution in [0.25, 0.3) is 38.9 Å². The zero-order chi connectivity index (χ0) is 18.6. The maximum atomic E-state index is 10.2. The molecule has 5 heteroatoms. The zero-order valence-electron chi connectivity index (χ0n) is 15.1. The lowest BCUT2D eigenvalue weighted by molar-refractivity contribution is 0.0826. The molecule has 4 nitrogen and oxygen atoms in total. The van der Waals surface area contributed by atoms with Gasteiger partial charge in [0.1, 0.15) is 5.65 Å². The number of fused-ring (bicyclic) bond motifs is 2. The first-order valence-corrected chi connectivity index (χ1v) is 9.73. The predicted octanol–water partition coefficient (Wildman–Crippen LogP) is 5.44. The molecule has 0 fully saturated rings. The molecule has 0 aliphatic heterocycles. The monoisotopic (exact) mass is 373 g/mol. The van der Waals surface area contributed by atoms with Crippen molar-refractivity contribution in [2.45, 2.75) is 19.4 Å². The van der Waals surface area contributed by atoms with Gasteiger partial charge in [-0.1, -0.05) is 12.1 Å². The summed E-state index contributed by atoms with van der Waals surface area (Å²) in [5, 5.41) is 13.5. The second-order valence-corrected chi connectivity index (χ2v) is 8.26. The number of pyridine rings is 1. The van der Waals surface area contributed by atoms with E-state index < -0.39 is 5.60 Å². The first-order chi connectivity index (χ1) is 13.0. The molecule has 5 aromatic rings. The van der Waals surface area contributed by atoms with E-state index in [0.717, 1.165) is 38.4 Å². The van der Waals surface area contributed by atoms with E-state index in [-0.39, 0.29) is 0 Å². The van der Waals surface area contributed by atoms with E-state index in [1.165, 1.54) is 5.39 Å². The van der Waals surface area contributed by atoms with Gasteiger partial charge in [-0.25, -0.2) is 4.98 Å². The van der Waals surface area contributed by atoms with Gasteiger partial charge in [-0.15, -0.1) is 11.3 Å². The number of nitrogens with one attached hydrogen (secondary N) is 1. The van der Waals surface area contributed by atoms with Gasteiger partial charge in [-0.05, 0) is 66.1 Å². The number of aromatic nitrogens is 3. The molecule has 27 heavy (non-hydrogen) atoms. The van der Waals surface area contributed by atoms with Gasteiger partial charge in [-0.2, -0.15) is 0 Å². The molecule has 0 amide bonds. The quantitative estimate of drug-likeness (QED) is 0.442. The Kier molecular flexibility index (Phi) is 3.50. The molecule has 1 aromatic carbocycles. The van der Waals surface area contributed by atoms with Crippen LogP contribution in [0.5, 0.6) is 0 Å². The Hall–Kier alpha value is -2.89. The van der Waals surface area contributed by atoms with Crippen LogP contribution in [-0.4, -0.2) is 19.5 Å². The van der Waals surface area contributed by atoms with Crippen LogP contribution >= 0.6 is 11.3 Å². The van der Waals surface area contributed by atoms with E-state index >= 15 is 0 Å². The Morgan fingerprint density at radius 2 is 1.85 bits per heavy atom. The van der Waals surface area contributed by atoms with Crippen molar-refractivity contribution in [3.8, 4) is 22.4 Å². The molecule has 0 saturated heterocycles. The molecule has 0 aliphatic carbocycles. The average molecular weight is 373 g/mol. The lowest BCUT2D eigenvalue weighted by Gasteiger charge is -2.13. The van der Waals surface area contributed by atoms with Gasteiger partial charge in [0.2, 0.25) is 0 Å². The van der Waals surface area contributed by atoms with Gasteiger partial charge in [0, 0.05) is 34.5 Å². The van der Waals surface area contributed by atoms with E-state index in [1.807, 2.05) is 26.1 Å². The summed E-state index contributed by atoms with van der Waals surface area (Å²) in [4.78, 5) is 8.98. The number of rotatable bonds is 3. The number of imidazole rings is 1. The highest BCUT2D eigenvalue weighted by Crippen LogP contribution is 2.32. The summed E-state index contributed by atoms with van der Waals surface area (Å²) in [6.07, 6.45) is 6.11. The molecule has 134 valence electrons. The van der Waals surface area contributed by atoms with Crippen LogP contribution in [-0.2, 0) is 5.60 Å². The molecule has 2 N–H and O–H groups in total. The number of benzene rings is 1. The van der Waals surface area contributed by atoms with Crippen LogP contribution in [0.1, 0.15) is 18.7 Å². The number of aliphatic hydroxyl groups is 1. The van der Waals surface area contributed by atoms with Crippen molar-refractivity contribution in [1.29, 1.82) is 0 Å². The SMILES string of the molecule is CC(C)(O)c1cc(-c2ccc3nc(-c4ccc5cc[nH]c5c4)cn3c2)cs1. The van der Waals surface area contributed by atoms with Crippen molar-refractivity contribution in [2.24, 2.45) is 0 Å². The number of H-pyrrole nitrogens is 1. The van der Waals surface area contributed by atoms with E-state index in [9.17, 15) is 5.11 Å². The summed E-state index contributed by atoms with van der Waals surface area (Å²) < 4.78 is 2.06. The molecule has 4 aromatic heterocycles. The van der Waals surface area contributed by atoms with Crippen molar-refractivity contribution < 1.29 is 5.11 Å². The van der Waals surface area contributed by atoms with Gasteiger partial charge in [0.05, 0.1) is 11.3 Å². The van der Waals surface area contributed by atoms with Crippen molar-refractivity contribution in [3.63, 3.8) is 0 Å². The number of thiophene rings is 1. The lowest BCUT2D eigenvalue weighted by atomic mass is 10.1.